The van der Waals surface area contributed by atoms with E-state index in [2.05, 4.69) is 10.4 Å². The number of carbonyl (C=O) groups excluding carboxylic acids is 1. The van der Waals surface area contributed by atoms with Crippen molar-refractivity contribution in [1.29, 1.82) is 0 Å². The molecule has 1 N–H and O–H groups in total. The summed E-state index contributed by atoms with van der Waals surface area (Å²) in [7, 11) is 0. The van der Waals surface area contributed by atoms with E-state index in [4.69, 9.17) is 11.6 Å². The van der Waals surface area contributed by atoms with Crippen LogP contribution in [0.2, 0.25) is 5.02 Å². The summed E-state index contributed by atoms with van der Waals surface area (Å²) in [5.41, 5.74) is 3.11. The van der Waals surface area contributed by atoms with Gasteiger partial charge >= 0.3 is 5.82 Å². The lowest BCUT2D eigenvalue weighted by atomic mass is 10.1. The summed E-state index contributed by atoms with van der Waals surface area (Å²) in [6.45, 7) is 1.41. The number of carbonyl (C=O) groups is 1. The van der Waals surface area contributed by atoms with Crippen molar-refractivity contribution in [1.82, 2.24) is 9.78 Å². The van der Waals surface area contributed by atoms with Crippen molar-refractivity contribution in [3.8, 4) is 11.1 Å². The van der Waals surface area contributed by atoms with E-state index in [1.807, 2.05) is 42.5 Å². The number of rotatable bonds is 5. The van der Waals surface area contributed by atoms with Gasteiger partial charge in [-0.2, -0.15) is 4.68 Å². The van der Waals surface area contributed by atoms with Crippen LogP contribution in [0.1, 0.15) is 5.69 Å². The Morgan fingerprint density at radius 3 is 2.35 bits per heavy atom. The Kier molecular flexibility index (Phi) is 4.99. The van der Waals surface area contributed by atoms with E-state index < -0.39 is 10.7 Å². The molecule has 0 spiro atoms. The molecule has 0 aliphatic rings. The standard InChI is InChI=1S/C18H15ClN4O3/c1-12-17(19)18(23(25)26)21-22(12)11-16(24)20-15-9-7-14(8-10-15)13-5-3-2-4-6-13/h2-10H,11H2,1H3,(H,20,24). The van der Waals surface area contributed by atoms with E-state index in [0.29, 0.717) is 11.4 Å². The van der Waals surface area contributed by atoms with Crippen molar-refractivity contribution in [3.63, 3.8) is 0 Å². The smallest absolute Gasteiger partial charge is 0.358 e. The van der Waals surface area contributed by atoms with Crippen LogP contribution >= 0.6 is 11.6 Å². The molecule has 8 heteroatoms. The molecule has 132 valence electrons. The average Bonchev–Trinajstić information content (AvgIpc) is 2.91. The van der Waals surface area contributed by atoms with Crippen LogP contribution < -0.4 is 5.32 Å². The number of amides is 1. The summed E-state index contributed by atoms with van der Waals surface area (Å²) < 4.78 is 1.22. The minimum atomic E-state index is -0.675. The van der Waals surface area contributed by atoms with Gasteiger partial charge in [-0.15, -0.1) is 0 Å². The lowest BCUT2D eigenvalue weighted by Gasteiger charge is -2.06. The average molecular weight is 371 g/mol. The van der Waals surface area contributed by atoms with Gasteiger partial charge in [-0.25, -0.2) is 0 Å². The van der Waals surface area contributed by atoms with Crippen molar-refractivity contribution in [2.24, 2.45) is 0 Å². The van der Waals surface area contributed by atoms with E-state index in [9.17, 15) is 14.9 Å². The van der Waals surface area contributed by atoms with Crippen molar-refractivity contribution < 1.29 is 9.72 Å². The Balaban J connectivity index is 1.69. The van der Waals surface area contributed by atoms with Gasteiger partial charge in [0.25, 0.3) is 0 Å². The molecule has 0 aliphatic heterocycles. The molecule has 1 amide bonds. The third kappa shape index (κ3) is 3.73. The molecule has 0 radical (unpaired) electrons. The number of nitro groups is 1. The topological polar surface area (TPSA) is 90.1 Å². The van der Waals surface area contributed by atoms with Crippen LogP contribution in [0.4, 0.5) is 11.5 Å². The highest BCUT2D eigenvalue weighted by Crippen LogP contribution is 2.26. The first kappa shape index (κ1) is 17.6. The van der Waals surface area contributed by atoms with Crippen molar-refractivity contribution >= 4 is 29.0 Å². The van der Waals surface area contributed by atoms with Gasteiger partial charge in [0.05, 0.1) is 10.8 Å². The molecule has 0 saturated heterocycles. The molecule has 0 aliphatic carbocycles. The maximum atomic E-state index is 12.2. The van der Waals surface area contributed by atoms with E-state index in [0.717, 1.165) is 11.1 Å². The number of nitrogens with one attached hydrogen (secondary N) is 1. The van der Waals surface area contributed by atoms with Gasteiger partial charge in [0.1, 0.15) is 6.54 Å². The summed E-state index contributed by atoms with van der Waals surface area (Å²) >= 11 is 5.87. The maximum absolute atomic E-state index is 12.2. The fourth-order valence-electron chi connectivity index (χ4n) is 2.49. The monoisotopic (exact) mass is 370 g/mol. The SMILES string of the molecule is Cc1c(Cl)c([N+](=O)[O-])nn1CC(=O)Nc1ccc(-c2ccccc2)cc1. The molecule has 0 saturated carbocycles. The van der Waals surface area contributed by atoms with Crippen LogP contribution in [-0.4, -0.2) is 20.6 Å². The Hall–Kier alpha value is -3.19. The normalized spacial score (nSPS) is 10.5. The Labute approximate surface area is 154 Å². The third-order valence-corrected chi connectivity index (χ3v) is 4.30. The van der Waals surface area contributed by atoms with Crippen LogP contribution in [0.15, 0.2) is 54.6 Å². The molecule has 0 fully saturated rings. The minimum absolute atomic E-state index is 0.0602. The van der Waals surface area contributed by atoms with Crippen LogP contribution in [0, 0.1) is 17.0 Å². The third-order valence-electron chi connectivity index (χ3n) is 3.86. The number of hydrogen-bond donors (Lipinski definition) is 1. The second kappa shape index (κ2) is 7.37. The first-order chi connectivity index (χ1) is 12.5. The first-order valence-corrected chi connectivity index (χ1v) is 8.16. The highest BCUT2D eigenvalue weighted by atomic mass is 35.5. The van der Waals surface area contributed by atoms with E-state index in [1.54, 1.807) is 19.1 Å². The zero-order valence-electron chi connectivity index (χ0n) is 13.8. The van der Waals surface area contributed by atoms with Crippen molar-refractivity contribution in [3.05, 3.63) is 75.4 Å². The quantitative estimate of drug-likeness (QED) is 0.541. The van der Waals surface area contributed by atoms with Crippen molar-refractivity contribution in [2.75, 3.05) is 5.32 Å². The van der Waals surface area contributed by atoms with E-state index in [1.165, 1.54) is 4.68 Å². The largest absolute Gasteiger partial charge is 0.408 e. The predicted molar refractivity (Wildman–Crippen MR) is 99.1 cm³/mol. The number of anilines is 1. The Morgan fingerprint density at radius 1 is 1.15 bits per heavy atom. The summed E-state index contributed by atoms with van der Waals surface area (Å²) in [6, 6.07) is 17.3. The number of hydrogen-bond acceptors (Lipinski definition) is 4. The zero-order valence-corrected chi connectivity index (χ0v) is 14.6. The summed E-state index contributed by atoms with van der Waals surface area (Å²) in [5.74, 6) is -0.807. The number of benzene rings is 2. The van der Waals surface area contributed by atoms with E-state index >= 15 is 0 Å². The lowest BCUT2D eigenvalue weighted by molar-refractivity contribution is -0.389. The highest BCUT2D eigenvalue weighted by Gasteiger charge is 2.24. The summed E-state index contributed by atoms with van der Waals surface area (Å²) in [4.78, 5) is 22.4. The van der Waals surface area contributed by atoms with Gasteiger partial charge in [0.2, 0.25) is 5.91 Å². The molecule has 7 nitrogen and oxygen atoms in total. The molecule has 0 bridgehead atoms. The fraction of sp³-hybridized carbons (Fsp3) is 0.111. The molecule has 2 aromatic carbocycles. The minimum Gasteiger partial charge on any atom is -0.358 e. The van der Waals surface area contributed by atoms with Gasteiger partial charge in [-0.1, -0.05) is 54.1 Å². The second-order valence-electron chi connectivity index (χ2n) is 5.63. The molecule has 0 atom stereocenters. The summed E-state index contributed by atoms with van der Waals surface area (Å²) in [6.07, 6.45) is 0. The van der Waals surface area contributed by atoms with E-state index in [-0.39, 0.29) is 17.5 Å². The summed E-state index contributed by atoms with van der Waals surface area (Å²) in [5, 5.41) is 17.3. The van der Waals surface area contributed by atoms with Gasteiger partial charge in [0.15, 0.2) is 5.02 Å². The number of aromatic nitrogens is 2. The Bertz CT molecular complexity index is 953. The van der Waals surface area contributed by atoms with Gasteiger partial charge in [-0.05, 0) is 35.1 Å². The van der Waals surface area contributed by atoms with Crippen LogP contribution in [0.25, 0.3) is 11.1 Å². The zero-order chi connectivity index (χ0) is 18.7. The van der Waals surface area contributed by atoms with Crippen molar-refractivity contribution in [2.45, 2.75) is 13.5 Å². The Morgan fingerprint density at radius 2 is 1.77 bits per heavy atom. The molecule has 1 aromatic heterocycles. The first-order valence-electron chi connectivity index (χ1n) is 7.78. The number of nitrogens with zero attached hydrogens (tertiary/aromatic N) is 3. The molecule has 1 heterocycles. The maximum Gasteiger partial charge on any atom is 0.408 e. The van der Waals surface area contributed by atoms with Gasteiger partial charge < -0.3 is 15.4 Å². The van der Waals surface area contributed by atoms with Crippen LogP contribution in [-0.2, 0) is 11.3 Å². The predicted octanol–water partition coefficient (Wildman–Crippen LogP) is 4.06. The fourth-order valence-corrected chi connectivity index (χ4v) is 2.70. The second-order valence-corrected chi connectivity index (χ2v) is 6.01. The van der Waals surface area contributed by atoms with Gasteiger partial charge in [-0.3, -0.25) is 4.79 Å². The van der Waals surface area contributed by atoms with Crippen LogP contribution in [0.5, 0.6) is 0 Å². The lowest BCUT2D eigenvalue weighted by Crippen LogP contribution is -2.20. The molecular formula is C18H15ClN4O3. The van der Waals surface area contributed by atoms with Crippen LogP contribution in [0.3, 0.4) is 0 Å². The van der Waals surface area contributed by atoms with Gasteiger partial charge in [0, 0.05) is 5.69 Å². The molecule has 26 heavy (non-hydrogen) atoms. The highest BCUT2D eigenvalue weighted by molar-refractivity contribution is 6.33. The molecule has 0 unspecified atom stereocenters. The molecule has 3 rings (SSSR count). The number of halogens is 1. The molecule has 3 aromatic rings. The molecular weight excluding hydrogens is 356 g/mol.